The van der Waals surface area contributed by atoms with Gasteiger partial charge in [0.05, 0.1) is 17.2 Å². The summed E-state index contributed by atoms with van der Waals surface area (Å²) in [5.41, 5.74) is 3.70. The number of hydrogen-bond acceptors (Lipinski definition) is 3. The van der Waals surface area contributed by atoms with E-state index in [1.165, 1.54) is 11.1 Å². The fraction of sp³-hybridized carbons (Fsp3) is 0.412. The smallest absolute Gasteiger partial charge is 0.223 e. The second-order valence-electron chi connectivity index (χ2n) is 5.51. The lowest BCUT2D eigenvalue weighted by Gasteiger charge is -2.23. The highest BCUT2D eigenvalue weighted by Crippen LogP contribution is 2.25. The first-order valence-corrected chi connectivity index (χ1v) is 8.42. The Labute approximate surface area is 129 Å². The summed E-state index contributed by atoms with van der Waals surface area (Å²) in [5.74, 6) is 0.264. The Bertz CT molecular complexity index is 635. The summed E-state index contributed by atoms with van der Waals surface area (Å²) in [7, 11) is 0. The van der Waals surface area contributed by atoms with Crippen LogP contribution in [0.4, 0.5) is 0 Å². The van der Waals surface area contributed by atoms with Crippen molar-refractivity contribution in [3.05, 3.63) is 51.5 Å². The van der Waals surface area contributed by atoms with E-state index in [0.717, 1.165) is 36.4 Å². The molecular weight excluding hydrogens is 280 g/mol. The van der Waals surface area contributed by atoms with Crippen LogP contribution in [-0.2, 0) is 30.6 Å². The highest BCUT2D eigenvalue weighted by molar-refractivity contribution is 7.09. The molecule has 1 aromatic heterocycles. The third-order valence-electron chi connectivity index (χ3n) is 4.06. The van der Waals surface area contributed by atoms with Crippen molar-refractivity contribution in [2.24, 2.45) is 5.92 Å². The van der Waals surface area contributed by atoms with Crippen LogP contribution in [-0.4, -0.2) is 10.9 Å². The number of rotatable bonds is 4. The van der Waals surface area contributed by atoms with E-state index in [1.54, 1.807) is 11.3 Å². The molecule has 0 saturated carbocycles. The molecule has 0 spiro atoms. The lowest BCUT2D eigenvalue weighted by molar-refractivity contribution is -0.125. The summed E-state index contributed by atoms with van der Waals surface area (Å²) in [6.07, 6.45) is 3.77. The van der Waals surface area contributed by atoms with Gasteiger partial charge in [-0.1, -0.05) is 31.2 Å². The Kier molecular flexibility index (Phi) is 4.34. The van der Waals surface area contributed by atoms with Crippen molar-refractivity contribution in [3.63, 3.8) is 0 Å². The molecule has 0 aliphatic heterocycles. The first kappa shape index (κ1) is 14.3. The van der Waals surface area contributed by atoms with Crippen molar-refractivity contribution < 1.29 is 4.79 Å². The Morgan fingerprint density at radius 3 is 2.95 bits per heavy atom. The molecular formula is C17H20N2OS. The van der Waals surface area contributed by atoms with Gasteiger partial charge >= 0.3 is 0 Å². The first-order valence-electron chi connectivity index (χ1n) is 7.54. The molecule has 1 heterocycles. The molecule has 1 unspecified atom stereocenters. The molecule has 0 bridgehead atoms. The molecule has 1 aliphatic carbocycles. The number of benzene rings is 1. The monoisotopic (exact) mass is 300 g/mol. The van der Waals surface area contributed by atoms with Crippen LogP contribution in [0.15, 0.2) is 29.6 Å². The minimum absolute atomic E-state index is 0.101. The summed E-state index contributed by atoms with van der Waals surface area (Å²) in [4.78, 5) is 16.8. The largest absolute Gasteiger partial charge is 0.350 e. The quantitative estimate of drug-likeness (QED) is 0.942. The van der Waals surface area contributed by atoms with Crippen molar-refractivity contribution in [3.8, 4) is 0 Å². The third kappa shape index (κ3) is 3.32. The van der Waals surface area contributed by atoms with E-state index in [2.05, 4.69) is 41.5 Å². The Morgan fingerprint density at radius 1 is 1.38 bits per heavy atom. The van der Waals surface area contributed by atoms with Gasteiger partial charge in [0.25, 0.3) is 0 Å². The van der Waals surface area contributed by atoms with Gasteiger partial charge in [0, 0.05) is 11.3 Å². The average Bonchev–Trinajstić information content (AvgIpc) is 3.00. The number of amides is 1. The zero-order valence-electron chi connectivity index (χ0n) is 12.3. The van der Waals surface area contributed by atoms with Crippen LogP contribution in [0.1, 0.15) is 35.2 Å². The number of nitrogens with one attached hydrogen (secondary N) is 1. The van der Waals surface area contributed by atoms with Crippen molar-refractivity contribution in [1.29, 1.82) is 0 Å². The maximum absolute atomic E-state index is 12.3. The topological polar surface area (TPSA) is 42.0 Å². The number of aromatic nitrogens is 1. The second-order valence-corrected chi connectivity index (χ2v) is 6.46. The molecule has 1 aromatic carbocycles. The maximum Gasteiger partial charge on any atom is 0.223 e. The van der Waals surface area contributed by atoms with Gasteiger partial charge in [-0.25, -0.2) is 4.98 Å². The number of hydrogen-bond donors (Lipinski definition) is 1. The molecule has 1 amide bonds. The summed E-state index contributed by atoms with van der Waals surface area (Å²) in [6.45, 7) is 2.65. The van der Waals surface area contributed by atoms with E-state index in [-0.39, 0.29) is 11.8 Å². The third-order valence-corrected chi connectivity index (χ3v) is 5.11. The van der Waals surface area contributed by atoms with Gasteiger partial charge in [0.2, 0.25) is 5.91 Å². The summed E-state index contributed by atoms with van der Waals surface area (Å²) >= 11 is 1.67. The van der Waals surface area contributed by atoms with Crippen LogP contribution in [0.25, 0.3) is 0 Å². The van der Waals surface area contributed by atoms with E-state index < -0.39 is 0 Å². The molecule has 3 rings (SSSR count). The van der Waals surface area contributed by atoms with Crippen LogP contribution in [0, 0.1) is 5.92 Å². The van der Waals surface area contributed by atoms with Crippen molar-refractivity contribution in [1.82, 2.24) is 10.3 Å². The minimum Gasteiger partial charge on any atom is -0.350 e. The maximum atomic E-state index is 12.3. The predicted octanol–water partition coefficient (Wildman–Crippen LogP) is 3.13. The van der Waals surface area contributed by atoms with Gasteiger partial charge in [-0.05, 0) is 36.8 Å². The van der Waals surface area contributed by atoms with Gasteiger partial charge in [-0.15, -0.1) is 11.3 Å². The Hall–Kier alpha value is -1.68. The van der Waals surface area contributed by atoms with Crippen LogP contribution in [0.5, 0.6) is 0 Å². The van der Waals surface area contributed by atoms with E-state index in [4.69, 9.17) is 0 Å². The molecule has 21 heavy (non-hydrogen) atoms. The fourth-order valence-electron chi connectivity index (χ4n) is 2.84. The van der Waals surface area contributed by atoms with E-state index in [9.17, 15) is 4.79 Å². The van der Waals surface area contributed by atoms with Gasteiger partial charge in [0.15, 0.2) is 0 Å². The van der Waals surface area contributed by atoms with E-state index in [0.29, 0.717) is 6.54 Å². The van der Waals surface area contributed by atoms with E-state index >= 15 is 0 Å². The minimum atomic E-state index is 0.101. The molecule has 1 N–H and O–H groups in total. The zero-order chi connectivity index (χ0) is 14.7. The summed E-state index contributed by atoms with van der Waals surface area (Å²) in [6, 6.07) is 8.45. The molecule has 110 valence electrons. The molecule has 0 saturated heterocycles. The predicted molar refractivity (Wildman–Crippen MR) is 85.3 cm³/mol. The molecule has 2 aromatic rings. The molecule has 0 radical (unpaired) electrons. The normalized spacial score (nSPS) is 17.3. The zero-order valence-corrected chi connectivity index (χ0v) is 13.1. The van der Waals surface area contributed by atoms with Crippen molar-refractivity contribution in [2.45, 2.75) is 39.2 Å². The van der Waals surface area contributed by atoms with Crippen molar-refractivity contribution in [2.75, 3.05) is 0 Å². The number of aryl methyl sites for hydroxylation is 2. The standard InChI is InChI=1S/C17H20N2OS/c1-2-16-19-15(11-21-16)10-18-17(20)14-8-7-12-5-3-4-6-13(12)9-14/h3-6,11,14H,2,7-10H2,1H3,(H,18,20). The van der Waals surface area contributed by atoms with Crippen LogP contribution in [0.3, 0.4) is 0 Å². The summed E-state index contributed by atoms with van der Waals surface area (Å²) in [5, 5.41) is 6.21. The van der Waals surface area contributed by atoms with Crippen LogP contribution >= 0.6 is 11.3 Å². The van der Waals surface area contributed by atoms with E-state index in [1.807, 2.05) is 5.38 Å². The molecule has 4 heteroatoms. The molecule has 1 atom stereocenters. The molecule has 3 nitrogen and oxygen atoms in total. The van der Waals surface area contributed by atoms with Gasteiger partial charge < -0.3 is 5.32 Å². The number of carbonyl (C=O) groups excluding carboxylic acids is 1. The average molecular weight is 300 g/mol. The number of nitrogens with zero attached hydrogens (tertiary/aromatic N) is 1. The van der Waals surface area contributed by atoms with Crippen LogP contribution in [0.2, 0.25) is 0 Å². The first-order chi connectivity index (χ1) is 10.3. The van der Waals surface area contributed by atoms with Gasteiger partial charge in [-0.3, -0.25) is 4.79 Å². The fourth-order valence-corrected chi connectivity index (χ4v) is 3.58. The van der Waals surface area contributed by atoms with Gasteiger partial charge in [-0.2, -0.15) is 0 Å². The number of thiazole rings is 1. The number of carbonyl (C=O) groups is 1. The lowest BCUT2D eigenvalue weighted by atomic mass is 9.83. The Morgan fingerprint density at radius 2 is 2.19 bits per heavy atom. The number of fused-ring (bicyclic) bond motifs is 1. The molecule has 1 aliphatic rings. The second kappa shape index (κ2) is 6.39. The van der Waals surface area contributed by atoms with Crippen LogP contribution < -0.4 is 5.32 Å². The summed E-state index contributed by atoms with van der Waals surface area (Å²) < 4.78 is 0. The van der Waals surface area contributed by atoms with Crippen molar-refractivity contribution >= 4 is 17.2 Å². The van der Waals surface area contributed by atoms with Gasteiger partial charge in [0.1, 0.15) is 0 Å². The highest BCUT2D eigenvalue weighted by Gasteiger charge is 2.24. The lowest BCUT2D eigenvalue weighted by Crippen LogP contribution is -2.33. The molecule has 0 fully saturated rings. The SMILES string of the molecule is CCc1nc(CNC(=O)C2CCc3ccccc3C2)cs1. The highest BCUT2D eigenvalue weighted by atomic mass is 32.1. The Balaban J connectivity index is 1.57.